The molecule has 0 saturated heterocycles. The van der Waals surface area contributed by atoms with Crippen LogP contribution in [-0.4, -0.2) is 0 Å². The molecule has 1 atom stereocenters. The molecule has 0 saturated carbocycles. The number of hydrogen-bond acceptors (Lipinski definition) is 3. The second-order valence-corrected chi connectivity index (χ2v) is 7.78. The van der Waals surface area contributed by atoms with Crippen molar-refractivity contribution in [1.29, 1.82) is 0 Å². The summed E-state index contributed by atoms with van der Waals surface area (Å²) in [5, 5.41) is 0. The van der Waals surface area contributed by atoms with Crippen LogP contribution in [0.2, 0.25) is 0 Å². The van der Waals surface area contributed by atoms with Crippen LogP contribution < -0.4 is 0 Å². The second kappa shape index (κ2) is 15.5. The molecule has 0 aliphatic heterocycles. The average Bonchev–Trinajstić information content (AvgIpc) is 2.55. The van der Waals surface area contributed by atoms with Crippen molar-refractivity contribution in [2.45, 2.75) is 67.2 Å². The topological polar surface area (TPSA) is 35.5 Å². The van der Waals surface area contributed by atoms with Crippen molar-refractivity contribution in [3.63, 3.8) is 0 Å². The maximum absolute atomic E-state index is 11.6. The first-order chi connectivity index (χ1) is 12.3. The fraction of sp³-hybridized carbons (Fsp3) is 0.455. The molecular weight excluding hydrogens is 343 g/mol. The van der Waals surface area contributed by atoms with E-state index in [1.54, 1.807) is 12.2 Å². The molecule has 0 radical (unpaired) electrons. The normalized spacial score (nSPS) is 13.8. The third-order valence-corrected chi connectivity index (χ3v) is 4.09. The van der Waals surface area contributed by atoms with Gasteiger partial charge in [0.1, 0.15) is 0 Å². The van der Waals surface area contributed by atoms with Crippen molar-refractivity contribution in [2.75, 3.05) is 0 Å². The van der Waals surface area contributed by atoms with Gasteiger partial charge in [0.05, 0.1) is 12.5 Å². The van der Waals surface area contributed by atoms with Crippen LogP contribution in [0.4, 0.5) is 0 Å². The SMILES string of the molecule is CC(C)=CCCC(C)=CC=CO[PH](=O)OC=C/C=C(\C)CCC=C(C)C. The van der Waals surface area contributed by atoms with Gasteiger partial charge in [-0.1, -0.05) is 46.6 Å². The Morgan fingerprint density at radius 1 is 0.731 bits per heavy atom. The predicted octanol–water partition coefficient (Wildman–Crippen LogP) is 7.82. The molecule has 4 heteroatoms. The van der Waals surface area contributed by atoms with Gasteiger partial charge in [-0.25, -0.2) is 4.57 Å². The molecule has 0 aromatic rings. The zero-order valence-electron chi connectivity index (χ0n) is 17.2. The maximum atomic E-state index is 11.6. The molecule has 3 nitrogen and oxygen atoms in total. The van der Waals surface area contributed by atoms with E-state index < -0.39 is 8.25 Å². The van der Waals surface area contributed by atoms with Gasteiger partial charge in [-0.2, -0.15) is 0 Å². The van der Waals surface area contributed by atoms with Gasteiger partial charge in [-0.3, -0.25) is 0 Å². The second-order valence-electron chi connectivity index (χ2n) is 6.81. The number of allylic oxidation sites excluding steroid dienone is 10. The summed E-state index contributed by atoms with van der Waals surface area (Å²) in [7, 11) is -2.54. The number of rotatable bonds is 12. The minimum Gasteiger partial charge on any atom is -0.426 e. The Morgan fingerprint density at radius 2 is 1.12 bits per heavy atom. The van der Waals surface area contributed by atoms with E-state index in [9.17, 15) is 4.57 Å². The summed E-state index contributed by atoms with van der Waals surface area (Å²) in [6.07, 6.45) is 18.8. The van der Waals surface area contributed by atoms with Gasteiger partial charge < -0.3 is 9.05 Å². The lowest BCUT2D eigenvalue weighted by molar-refractivity contribution is 0.356. The first-order valence-corrected chi connectivity index (χ1v) is 10.3. The Hall–Kier alpha value is -1.73. The average molecular weight is 378 g/mol. The standard InChI is InChI=1S/C22H35O3P/c1-19(2)11-7-13-21(5)15-9-17-24-26(23)25-18-10-16-22(6)14-8-12-20(3)4/h9-12,15-18,26H,7-8,13-14H2,1-6H3/b17-9?,18-10?,21-15+,22-16?. The summed E-state index contributed by atoms with van der Waals surface area (Å²) in [6.45, 7) is 12.5. The Kier molecular flexibility index (Phi) is 14.5. The molecule has 0 aliphatic rings. The number of hydrogen-bond donors (Lipinski definition) is 0. The molecular formula is C22H35O3P. The van der Waals surface area contributed by atoms with Gasteiger partial charge in [-0.15, -0.1) is 0 Å². The Bertz CT molecular complexity index is 545. The van der Waals surface area contributed by atoms with Crippen LogP contribution in [-0.2, 0) is 13.6 Å². The molecule has 0 amide bonds. The summed E-state index contributed by atoms with van der Waals surface area (Å²) in [6, 6.07) is 0. The molecule has 0 heterocycles. The third-order valence-electron chi connectivity index (χ3n) is 3.43. The summed E-state index contributed by atoms with van der Waals surface area (Å²) < 4.78 is 21.7. The minimum absolute atomic E-state index is 1.00. The van der Waals surface area contributed by atoms with E-state index in [1.165, 1.54) is 34.8 Å². The molecule has 0 aliphatic carbocycles. The van der Waals surface area contributed by atoms with E-state index >= 15 is 0 Å². The minimum atomic E-state index is -2.54. The lowest BCUT2D eigenvalue weighted by atomic mass is 10.1. The molecule has 1 unspecified atom stereocenters. The smallest absolute Gasteiger partial charge is 0.417 e. The van der Waals surface area contributed by atoms with Gasteiger partial charge in [-0.05, 0) is 79.4 Å². The molecule has 0 spiro atoms. The van der Waals surface area contributed by atoms with Gasteiger partial charge in [0, 0.05) is 0 Å². The highest BCUT2D eigenvalue weighted by molar-refractivity contribution is 7.33. The highest BCUT2D eigenvalue weighted by atomic mass is 31.1. The molecule has 0 N–H and O–H groups in total. The molecule has 0 fully saturated rings. The summed E-state index contributed by atoms with van der Waals surface area (Å²) in [4.78, 5) is 0. The zero-order valence-corrected chi connectivity index (χ0v) is 18.2. The molecule has 0 rings (SSSR count). The maximum Gasteiger partial charge on any atom is 0.417 e. The van der Waals surface area contributed by atoms with Crippen LogP contribution >= 0.6 is 8.25 Å². The Morgan fingerprint density at radius 3 is 1.46 bits per heavy atom. The van der Waals surface area contributed by atoms with Crippen molar-refractivity contribution < 1.29 is 13.6 Å². The lowest BCUT2D eigenvalue weighted by Gasteiger charge is -2.00. The lowest BCUT2D eigenvalue weighted by Crippen LogP contribution is -1.77. The van der Waals surface area contributed by atoms with Crippen LogP contribution in [0.5, 0.6) is 0 Å². The van der Waals surface area contributed by atoms with Crippen molar-refractivity contribution >= 4 is 8.25 Å². The van der Waals surface area contributed by atoms with Crippen LogP contribution in [0, 0.1) is 0 Å². The molecule has 0 aromatic heterocycles. The first-order valence-electron chi connectivity index (χ1n) is 9.10. The van der Waals surface area contributed by atoms with Crippen molar-refractivity contribution in [1.82, 2.24) is 0 Å². The zero-order chi connectivity index (χ0) is 19.8. The first kappa shape index (κ1) is 24.3. The van der Waals surface area contributed by atoms with E-state index in [2.05, 4.69) is 53.7 Å². The monoisotopic (exact) mass is 378 g/mol. The highest BCUT2D eigenvalue weighted by Crippen LogP contribution is 2.24. The van der Waals surface area contributed by atoms with E-state index in [0.717, 1.165) is 25.7 Å². The molecule has 0 aromatic carbocycles. The summed E-state index contributed by atoms with van der Waals surface area (Å²) in [5.41, 5.74) is 5.16. The quantitative estimate of drug-likeness (QED) is 0.150. The Labute approximate surface area is 160 Å². The molecule has 146 valence electrons. The fourth-order valence-corrected chi connectivity index (χ4v) is 2.40. The van der Waals surface area contributed by atoms with Crippen molar-refractivity contribution in [3.05, 3.63) is 71.3 Å². The van der Waals surface area contributed by atoms with Crippen molar-refractivity contribution in [2.24, 2.45) is 0 Å². The predicted molar refractivity (Wildman–Crippen MR) is 114 cm³/mol. The van der Waals surface area contributed by atoms with E-state index in [4.69, 9.17) is 9.05 Å². The summed E-state index contributed by atoms with van der Waals surface area (Å²) >= 11 is 0. The van der Waals surface area contributed by atoms with E-state index in [-0.39, 0.29) is 0 Å². The van der Waals surface area contributed by atoms with E-state index in [1.807, 2.05) is 12.2 Å². The van der Waals surface area contributed by atoms with Gasteiger partial charge >= 0.3 is 8.25 Å². The Balaban J connectivity index is 4.07. The van der Waals surface area contributed by atoms with Crippen molar-refractivity contribution in [3.8, 4) is 0 Å². The van der Waals surface area contributed by atoms with Gasteiger partial charge in [0.15, 0.2) is 0 Å². The van der Waals surface area contributed by atoms with E-state index in [0.29, 0.717) is 0 Å². The van der Waals surface area contributed by atoms with Crippen LogP contribution in [0.25, 0.3) is 0 Å². The largest absolute Gasteiger partial charge is 0.426 e. The molecule has 0 bridgehead atoms. The van der Waals surface area contributed by atoms with Crippen LogP contribution in [0.1, 0.15) is 67.2 Å². The third kappa shape index (κ3) is 17.1. The summed E-state index contributed by atoms with van der Waals surface area (Å²) in [5.74, 6) is 0. The fourth-order valence-electron chi connectivity index (χ4n) is 1.97. The highest BCUT2D eigenvalue weighted by Gasteiger charge is 1.92. The van der Waals surface area contributed by atoms with Crippen LogP contribution in [0.15, 0.2) is 71.3 Å². The van der Waals surface area contributed by atoms with Gasteiger partial charge in [0.25, 0.3) is 0 Å². The molecule has 26 heavy (non-hydrogen) atoms. The van der Waals surface area contributed by atoms with Crippen LogP contribution in [0.3, 0.4) is 0 Å². The van der Waals surface area contributed by atoms with Gasteiger partial charge in [0.2, 0.25) is 0 Å².